The van der Waals surface area contributed by atoms with Crippen LogP contribution < -0.4 is 5.73 Å². The first kappa shape index (κ1) is 10.3. The van der Waals surface area contributed by atoms with Gasteiger partial charge in [-0.3, -0.25) is 0 Å². The Morgan fingerprint density at radius 3 is 2.71 bits per heavy atom. The Bertz CT molecular complexity index is 386. The smallest absolute Gasteiger partial charge is 0.282 e. The van der Waals surface area contributed by atoms with Crippen LogP contribution in [-0.4, -0.2) is 10.1 Å². The first-order valence-electron chi connectivity index (χ1n) is 3.68. The van der Waals surface area contributed by atoms with Crippen LogP contribution in [0.5, 0.6) is 0 Å². The lowest BCUT2D eigenvalue weighted by molar-refractivity contribution is 0.146. The summed E-state index contributed by atoms with van der Waals surface area (Å²) in [6, 6.07) is 2.79. The zero-order chi connectivity index (χ0) is 10.7. The van der Waals surface area contributed by atoms with E-state index in [0.717, 1.165) is 6.07 Å². The van der Waals surface area contributed by atoms with E-state index in [4.69, 9.17) is 16.1 Å². The molecular weight excluding hydrogens is 192 g/mol. The van der Waals surface area contributed by atoms with E-state index < -0.39 is 18.7 Å². The van der Waals surface area contributed by atoms with Gasteiger partial charge in [0, 0.05) is 0 Å². The summed E-state index contributed by atoms with van der Waals surface area (Å²) in [6.45, 7) is -0.567. The average molecular weight is 199 g/mol. The number of alkyl halides is 2. The second kappa shape index (κ2) is 3.98. The van der Waals surface area contributed by atoms with Crippen molar-refractivity contribution in [2.24, 2.45) is 0 Å². The summed E-state index contributed by atoms with van der Waals surface area (Å²) in [7, 11) is 0. The second-order valence-electron chi connectivity index (χ2n) is 2.53. The Balaban J connectivity index is 3.32. The Hall–Kier alpha value is -1.74. The van der Waals surface area contributed by atoms with Crippen molar-refractivity contribution in [2.75, 3.05) is 5.73 Å². The first-order valence-corrected chi connectivity index (χ1v) is 3.68. The zero-order valence-electron chi connectivity index (χ0n) is 7.04. The number of nitrogens with two attached hydrogens (primary N) is 1. The standard InChI is InChI=1S/C8H7F2N3O/c9-8(10)7-5(12)1-4(2-11)6(3-14)13-7/h1,8,14H,3,12H2. The molecular formula is C8H7F2N3O. The summed E-state index contributed by atoms with van der Waals surface area (Å²) in [4.78, 5) is 3.41. The van der Waals surface area contributed by atoms with Gasteiger partial charge >= 0.3 is 0 Å². The Morgan fingerprint density at radius 2 is 2.29 bits per heavy atom. The fourth-order valence-electron chi connectivity index (χ4n) is 0.975. The summed E-state index contributed by atoms with van der Waals surface area (Å²) >= 11 is 0. The second-order valence-corrected chi connectivity index (χ2v) is 2.53. The number of nitrogen functional groups attached to an aromatic ring is 1. The fraction of sp³-hybridized carbons (Fsp3) is 0.250. The van der Waals surface area contributed by atoms with Gasteiger partial charge in [0.25, 0.3) is 6.43 Å². The quantitative estimate of drug-likeness (QED) is 0.743. The van der Waals surface area contributed by atoms with E-state index in [0.29, 0.717) is 0 Å². The van der Waals surface area contributed by atoms with Crippen molar-refractivity contribution in [2.45, 2.75) is 13.0 Å². The highest BCUT2D eigenvalue weighted by atomic mass is 19.3. The molecule has 0 bridgehead atoms. The molecule has 0 saturated heterocycles. The van der Waals surface area contributed by atoms with Crippen molar-refractivity contribution in [1.82, 2.24) is 4.98 Å². The maximum atomic E-state index is 12.3. The van der Waals surface area contributed by atoms with E-state index in [2.05, 4.69) is 4.98 Å². The molecule has 3 N–H and O–H groups in total. The number of aromatic nitrogens is 1. The summed E-state index contributed by atoms with van der Waals surface area (Å²) in [5, 5.41) is 17.3. The number of nitriles is 1. The Labute approximate surface area is 78.6 Å². The number of nitrogens with zero attached hydrogens (tertiary/aromatic N) is 2. The van der Waals surface area contributed by atoms with Crippen LogP contribution in [0.2, 0.25) is 0 Å². The third-order valence-corrected chi connectivity index (χ3v) is 1.64. The van der Waals surface area contributed by atoms with Crippen molar-refractivity contribution in [3.63, 3.8) is 0 Å². The number of rotatable bonds is 2. The highest BCUT2D eigenvalue weighted by Gasteiger charge is 2.16. The molecule has 0 saturated carbocycles. The molecule has 0 spiro atoms. The lowest BCUT2D eigenvalue weighted by Crippen LogP contribution is -2.04. The van der Waals surface area contributed by atoms with Crippen LogP contribution in [0.3, 0.4) is 0 Å². The van der Waals surface area contributed by atoms with Gasteiger partial charge in [-0.15, -0.1) is 0 Å². The summed E-state index contributed by atoms with van der Waals surface area (Å²) in [5.41, 5.74) is 4.32. The largest absolute Gasteiger partial charge is 0.397 e. The first-order chi connectivity index (χ1) is 6.60. The maximum Gasteiger partial charge on any atom is 0.282 e. The Kier molecular flexibility index (Phi) is 2.94. The van der Waals surface area contributed by atoms with Gasteiger partial charge in [-0.05, 0) is 6.07 Å². The number of anilines is 1. The summed E-state index contributed by atoms with van der Waals surface area (Å²) in [5.74, 6) is 0. The molecule has 0 radical (unpaired) electrons. The van der Waals surface area contributed by atoms with Gasteiger partial charge in [-0.1, -0.05) is 0 Å². The van der Waals surface area contributed by atoms with Crippen molar-refractivity contribution in [3.05, 3.63) is 23.0 Å². The Morgan fingerprint density at radius 1 is 1.64 bits per heavy atom. The van der Waals surface area contributed by atoms with Gasteiger partial charge in [0.15, 0.2) is 0 Å². The van der Waals surface area contributed by atoms with Crippen LogP contribution in [-0.2, 0) is 6.61 Å². The van der Waals surface area contributed by atoms with Crippen LogP contribution in [0.25, 0.3) is 0 Å². The van der Waals surface area contributed by atoms with Crippen molar-refractivity contribution < 1.29 is 13.9 Å². The van der Waals surface area contributed by atoms with Crippen LogP contribution in [0, 0.1) is 11.3 Å². The molecule has 1 aromatic heterocycles. The van der Waals surface area contributed by atoms with E-state index in [1.165, 1.54) is 0 Å². The molecule has 0 fully saturated rings. The van der Waals surface area contributed by atoms with Crippen LogP contribution >= 0.6 is 0 Å². The predicted octanol–water partition coefficient (Wildman–Crippen LogP) is 0.965. The minimum absolute atomic E-state index is 0.00870. The molecule has 14 heavy (non-hydrogen) atoms. The summed E-state index contributed by atoms with van der Waals surface area (Å²) < 4.78 is 24.5. The van der Waals surface area contributed by atoms with E-state index in [1.54, 1.807) is 6.07 Å². The molecule has 6 heteroatoms. The number of aliphatic hydroxyl groups is 1. The highest BCUT2D eigenvalue weighted by molar-refractivity contribution is 5.51. The molecule has 0 aliphatic rings. The highest BCUT2D eigenvalue weighted by Crippen LogP contribution is 2.24. The molecule has 74 valence electrons. The molecule has 4 nitrogen and oxygen atoms in total. The van der Waals surface area contributed by atoms with Crippen LogP contribution in [0.1, 0.15) is 23.4 Å². The van der Waals surface area contributed by atoms with E-state index in [-0.39, 0.29) is 16.9 Å². The molecule has 1 aromatic rings. The topological polar surface area (TPSA) is 82.9 Å². The maximum absolute atomic E-state index is 12.3. The van der Waals surface area contributed by atoms with E-state index in [1.807, 2.05) is 0 Å². The zero-order valence-corrected chi connectivity index (χ0v) is 7.04. The van der Waals surface area contributed by atoms with Gasteiger partial charge < -0.3 is 10.8 Å². The van der Waals surface area contributed by atoms with Crippen LogP contribution in [0.15, 0.2) is 6.07 Å². The lowest BCUT2D eigenvalue weighted by atomic mass is 10.1. The van der Waals surface area contributed by atoms with Gasteiger partial charge in [0.2, 0.25) is 0 Å². The molecule has 0 unspecified atom stereocenters. The number of aliphatic hydroxyl groups excluding tert-OH is 1. The average Bonchev–Trinajstić information content (AvgIpc) is 2.16. The summed E-state index contributed by atoms with van der Waals surface area (Å²) in [6.07, 6.45) is -2.81. The molecule has 0 aromatic carbocycles. The minimum Gasteiger partial charge on any atom is -0.397 e. The van der Waals surface area contributed by atoms with Crippen molar-refractivity contribution >= 4 is 5.69 Å². The van der Waals surface area contributed by atoms with Gasteiger partial charge in [0.1, 0.15) is 11.8 Å². The SMILES string of the molecule is N#Cc1cc(N)c(C(F)F)nc1CO. The third-order valence-electron chi connectivity index (χ3n) is 1.64. The fourth-order valence-corrected chi connectivity index (χ4v) is 0.975. The molecule has 0 aliphatic carbocycles. The monoisotopic (exact) mass is 199 g/mol. The molecule has 0 amide bonds. The van der Waals surface area contributed by atoms with E-state index in [9.17, 15) is 8.78 Å². The van der Waals surface area contributed by atoms with Crippen molar-refractivity contribution in [1.29, 1.82) is 5.26 Å². The molecule has 0 atom stereocenters. The molecule has 0 aliphatic heterocycles. The normalized spacial score (nSPS) is 10.2. The predicted molar refractivity (Wildman–Crippen MR) is 44.2 cm³/mol. The van der Waals surface area contributed by atoms with Gasteiger partial charge in [-0.2, -0.15) is 5.26 Å². The molecule has 1 heterocycles. The number of halogens is 2. The molecule has 1 rings (SSSR count). The van der Waals surface area contributed by atoms with E-state index >= 15 is 0 Å². The lowest BCUT2D eigenvalue weighted by Gasteiger charge is -2.06. The number of hydrogen-bond donors (Lipinski definition) is 2. The number of hydrogen-bond acceptors (Lipinski definition) is 4. The van der Waals surface area contributed by atoms with Crippen LogP contribution in [0.4, 0.5) is 14.5 Å². The van der Waals surface area contributed by atoms with Gasteiger partial charge in [-0.25, -0.2) is 13.8 Å². The van der Waals surface area contributed by atoms with Crippen molar-refractivity contribution in [3.8, 4) is 6.07 Å². The van der Waals surface area contributed by atoms with Gasteiger partial charge in [0.05, 0.1) is 23.6 Å². The minimum atomic E-state index is -2.81. The number of pyridine rings is 1. The third kappa shape index (κ3) is 1.78.